The molecule has 2 saturated heterocycles. The smallest absolute Gasteiger partial charge is 0.375 e. The molecular formula is C17H17F3N4O. The average molecular weight is 350 g/mol. The maximum Gasteiger partial charge on any atom is 0.434 e. The summed E-state index contributed by atoms with van der Waals surface area (Å²) in [5.41, 5.74) is 0.963. The molecule has 0 radical (unpaired) electrons. The van der Waals surface area contributed by atoms with E-state index in [-0.39, 0.29) is 11.4 Å². The Morgan fingerprint density at radius 1 is 1.20 bits per heavy atom. The number of rotatable bonds is 4. The molecule has 0 unspecified atom stereocenters. The number of aromatic nitrogens is 2. The molecule has 1 aromatic heterocycles. The quantitative estimate of drug-likeness (QED) is 0.888. The molecule has 4 rings (SSSR count). The molecule has 0 saturated carbocycles. The Morgan fingerprint density at radius 3 is 2.52 bits per heavy atom. The fourth-order valence-corrected chi connectivity index (χ4v) is 3.38. The molecule has 0 aliphatic carbocycles. The Hall–Kier alpha value is -2.19. The fourth-order valence-electron chi connectivity index (χ4n) is 3.38. The van der Waals surface area contributed by atoms with E-state index in [0.29, 0.717) is 6.10 Å². The Labute approximate surface area is 142 Å². The highest BCUT2D eigenvalue weighted by atomic mass is 19.4. The van der Waals surface area contributed by atoms with E-state index >= 15 is 0 Å². The first-order chi connectivity index (χ1) is 11.9. The van der Waals surface area contributed by atoms with Gasteiger partial charge in [0.2, 0.25) is 0 Å². The van der Waals surface area contributed by atoms with Crippen molar-refractivity contribution < 1.29 is 17.9 Å². The van der Waals surface area contributed by atoms with Gasteiger partial charge in [0.15, 0.2) is 5.69 Å². The zero-order chi connectivity index (χ0) is 17.5. The second kappa shape index (κ2) is 5.96. The van der Waals surface area contributed by atoms with Gasteiger partial charge in [-0.2, -0.15) is 13.2 Å². The maximum atomic E-state index is 12.5. The van der Waals surface area contributed by atoms with Crippen LogP contribution in [0.15, 0.2) is 36.7 Å². The lowest BCUT2D eigenvalue weighted by atomic mass is 9.91. The summed E-state index contributed by atoms with van der Waals surface area (Å²) < 4.78 is 43.1. The van der Waals surface area contributed by atoms with E-state index in [1.54, 1.807) is 0 Å². The highest BCUT2D eigenvalue weighted by Gasteiger charge is 2.45. The second-order valence-corrected chi connectivity index (χ2v) is 6.58. The van der Waals surface area contributed by atoms with Gasteiger partial charge in [-0.15, -0.1) is 0 Å². The van der Waals surface area contributed by atoms with Crippen molar-refractivity contribution in [3.05, 3.63) is 47.9 Å². The predicted molar refractivity (Wildman–Crippen MR) is 85.6 cm³/mol. The van der Waals surface area contributed by atoms with Crippen molar-refractivity contribution in [2.24, 2.45) is 0 Å². The van der Waals surface area contributed by atoms with Crippen LogP contribution >= 0.6 is 0 Å². The first-order valence-electron chi connectivity index (χ1n) is 8.04. The van der Waals surface area contributed by atoms with Gasteiger partial charge in [-0.05, 0) is 30.5 Å². The average Bonchev–Trinajstić information content (AvgIpc) is 3.17. The maximum absolute atomic E-state index is 12.5. The number of morpholine rings is 1. The molecule has 2 aliphatic heterocycles. The van der Waals surface area contributed by atoms with Crippen LogP contribution in [-0.2, 0) is 17.3 Å². The lowest BCUT2D eigenvalue weighted by Gasteiger charge is -2.27. The zero-order valence-electron chi connectivity index (χ0n) is 13.3. The van der Waals surface area contributed by atoms with Crippen molar-refractivity contribution in [3.63, 3.8) is 0 Å². The minimum Gasteiger partial charge on any atom is -0.375 e. The first kappa shape index (κ1) is 16.3. The molecule has 2 bridgehead atoms. The van der Waals surface area contributed by atoms with E-state index in [0.717, 1.165) is 44.1 Å². The number of ether oxygens (including phenoxy) is 1. The zero-order valence-corrected chi connectivity index (χ0v) is 13.3. The Morgan fingerprint density at radius 2 is 2.00 bits per heavy atom. The highest BCUT2D eigenvalue weighted by Crippen LogP contribution is 2.33. The third-order valence-electron chi connectivity index (χ3n) is 4.63. The standard InChI is InChI=1S/C17H17F3N4O/c18-17(19,20)14-8-22-15(9-21-14)24-12-3-1-11(2-4-12)5-16-6-13(7-23-16)25-10-16/h1-4,8-9,13,23H,5-7,10H2,(H,22,24)/t13-,16-/m0/s1. The fraction of sp³-hybridized carbons (Fsp3) is 0.412. The lowest BCUT2D eigenvalue weighted by Crippen LogP contribution is -2.46. The molecule has 5 nitrogen and oxygen atoms in total. The first-order valence-corrected chi connectivity index (χ1v) is 8.04. The van der Waals surface area contributed by atoms with E-state index < -0.39 is 11.9 Å². The van der Waals surface area contributed by atoms with Crippen molar-refractivity contribution in [1.29, 1.82) is 0 Å². The number of anilines is 2. The molecule has 2 N–H and O–H groups in total. The number of hydrogen-bond donors (Lipinski definition) is 2. The second-order valence-electron chi connectivity index (χ2n) is 6.58. The molecule has 2 aliphatic rings. The normalized spacial score (nSPS) is 25.3. The summed E-state index contributed by atoms with van der Waals surface area (Å²) in [7, 11) is 0. The minimum atomic E-state index is -4.48. The van der Waals surface area contributed by atoms with Gasteiger partial charge in [-0.25, -0.2) is 9.97 Å². The Bertz CT molecular complexity index is 738. The van der Waals surface area contributed by atoms with Crippen molar-refractivity contribution in [2.75, 3.05) is 18.5 Å². The number of fused-ring (bicyclic) bond motifs is 2. The molecule has 25 heavy (non-hydrogen) atoms. The molecule has 0 spiro atoms. The summed E-state index contributed by atoms with van der Waals surface area (Å²) in [6, 6.07) is 7.77. The number of alkyl halides is 3. The van der Waals surface area contributed by atoms with Crippen molar-refractivity contribution in [2.45, 2.75) is 30.7 Å². The van der Waals surface area contributed by atoms with Crippen molar-refractivity contribution in [3.8, 4) is 0 Å². The van der Waals surface area contributed by atoms with Gasteiger partial charge >= 0.3 is 6.18 Å². The Kier molecular flexibility index (Phi) is 3.88. The molecule has 0 amide bonds. The summed E-state index contributed by atoms with van der Waals surface area (Å²) in [6.45, 7) is 1.64. The van der Waals surface area contributed by atoms with Crippen LogP contribution in [0.5, 0.6) is 0 Å². The largest absolute Gasteiger partial charge is 0.434 e. The predicted octanol–water partition coefficient (Wildman–Crippen LogP) is 2.91. The van der Waals surface area contributed by atoms with Crippen LogP contribution in [0, 0.1) is 0 Å². The SMILES string of the molecule is FC(F)(F)c1cnc(Nc2ccc(C[C@]34CO[C@H](CN3)C4)cc2)cn1. The van der Waals surface area contributed by atoms with E-state index in [1.165, 1.54) is 5.56 Å². The van der Waals surface area contributed by atoms with E-state index in [4.69, 9.17) is 4.74 Å². The molecular weight excluding hydrogens is 333 g/mol. The van der Waals surface area contributed by atoms with Gasteiger partial charge in [0.05, 0.1) is 25.1 Å². The monoisotopic (exact) mass is 350 g/mol. The summed E-state index contributed by atoms with van der Waals surface area (Å²) in [4.78, 5) is 7.14. The van der Waals surface area contributed by atoms with Crippen LogP contribution in [0.3, 0.4) is 0 Å². The number of benzene rings is 1. The molecule has 132 valence electrons. The van der Waals surface area contributed by atoms with Gasteiger partial charge < -0.3 is 15.4 Å². The summed E-state index contributed by atoms with van der Waals surface area (Å²) >= 11 is 0. The molecule has 2 fully saturated rings. The minimum absolute atomic E-state index is 0.0402. The number of hydrogen-bond acceptors (Lipinski definition) is 5. The van der Waals surface area contributed by atoms with Gasteiger partial charge in [-0.1, -0.05) is 12.1 Å². The van der Waals surface area contributed by atoms with Gasteiger partial charge in [0.25, 0.3) is 0 Å². The molecule has 2 atom stereocenters. The molecule has 8 heteroatoms. The van der Waals surface area contributed by atoms with E-state index in [1.807, 2.05) is 24.3 Å². The number of nitrogens with one attached hydrogen (secondary N) is 2. The van der Waals surface area contributed by atoms with Gasteiger partial charge in [-0.3, -0.25) is 0 Å². The van der Waals surface area contributed by atoms with E-state index in [9.17, 15) is 13.2 Å². The van der Waals surface area contributed by atoms with Gasteiger partial charge in [0.1, 0.15) is 5.82 Å². The van der Waals surface area contributed by atoms with Crippen molar-refractivity contribution >= 4 is 11.5 Å². The lowest BCUT2D eigenvalue weighted by molar-refractivity contribution is -0.141. The van der Waals surface area contributed by atoms with Crippen LogP contribution < -0.4 is 10.6 Å². The molecule has 3 heterocycles. The van der Waals surface area contributed by atoms with Crippen molar-refractivity contribution in [1.82, 2.24) is 15.3 Å². The topological polar surface area (TPSA) is 59.1 Å². The van der Waals surface area contributed by atoms with Crippen LogP contribution in [0.4, 0.5) is 24.7 Å². The highest BCUT2D eigenvalue weighted by molar-refractivity contribution is 5.55. The van der Waals surface area contributed by atoms with E-state index in [2.05, 4.69) is 20.6 Å². The van der Waals surface area contributed by atoms with Crippen LogP contribution in [0.2, 0.25) is 0 Å². The van der Waals surface area contributed by atoms with Crippen LogP contribution in [0.1, 0.15) is 17.7 Å². The summed E-state index contributed by atoms with van der Waals surface area (Å²) in [5, 5.41) is 6.49. The summed E-state index contributed by atoms with van der Waals surface area (Å²) in [6.07, 6.45) is -0.423. The van der Waals surface area contributed by atoms with Crippen LogP contribution in [-0.4, -0.2) is 34.8 Å². The Balaban J connectivity index is 1.40. The third kappa shape index (κ3) is 3.45. The number of halogens is 3. The van der Waals surface area contributed by atoms with Crippen LogP contribution in [0.25, 0.3) is 0 Å². The molecule has 1 aromatic carbocycles. The van der Waals surface area contributed by atoms with Gasteiger partial charge in [0, 0.05) is 17.8 Å². The molecule has 2 aromatic rings. The third-order valence-corrected chi connectivity index (χ3v) is 4.63. The number of nitrogens with zero attached hydrogens (tertiary/aromatic N) is 2. The summed E-state index contributed by atoms with van der Waals surface area (Å²) in [5.74, 6) is 0.267.